The van der Waals surface area contributed by atoms with Gasteiger partial charge >= 0.3 is 6.09 Å². The average Bonchev–Trinajstić information content (AvgIpc) is 2.57. The zero-order chi connectivity index (χ0) is 17.8. The highest BCUT2D eigenvalue weighted by Gasteiger charge is 2.23. The summed E-state index contributed by atoms with van der Waals surface area (Å²) >= 11 is 0. The monoisotopic (exact) mass is 355 g/mol. The molecule has 0 bridgehead atoms. The van der Waals surface area contributed by atoms with Crippen molar-refractivity contribution in [1.82, 2.24) is 5.32 Å². The van der Waals surface area contributed by atoms with Crippen LogP contribution in [0.3, 0.4) is 0 Å². The summed E-state index contributed by atoms with van der Waals surface area (Å²) in [5, 5.41) is 2.35. The average molecular weight is 356 g/mol. The van der Waals surface area contributed by atoms with Crippen molar-refractivity contribution in [1.29, 1.82) is 0 Å². The van der Waals surface area contributed by atoms with E-state index >= 15 is 0 Å². The summed E-state index contributed by atoms with van der Waals surface area (Å²) in [6, 6.07) is 9.41. The maximum atomic E-state index is 12.3. The number of benzene rings is 1. The van der Waals surface area contributed by atoms with Gasteiger partial charge < -0.3 is 10.1 Å². The summed E-state index contributed by atoms with van der Waals surface area (Å²) in [5.74, 6) is 0.108. The number of hydrogen-bond acceptors (Lipinski definition) is 4. The van der Waals surface area contributed by atoms with Gasteiger partial charge in [0.25, 0.3) is 0 Å². The van der Waals surface area contributed by atoms with E-state index in [4.69, 9.17) is 4.74 Å². The van der Waals surface area contributed by atoms with Gasteiger partial charge in [-0.1, -0.05) is 57.0 Å². The minimum atomic E-state index is -3.09. The summed E-state index contributed by atoms with van der Waals surface area (Å²) in [6.45, 7) is 4.52. The number of ether oxygens (including phenoxy) is 1. The van der Waals surface area contributed by atoms with Crippen molar-refractivity contribution in [2.24, 2.45) is 0 Å². The van der Waals surface area contributed by atoms with E-state index in [0.717, 1.165) is 18.4 Å². The van der Waals surface area contributed by atoms with Gasteiger partial charge in [0.2, 0.25) is 0 Å². The predicted molar refractivity (Wildman–Crippen MR) is 96.6 cm³/mol. The highest BCUT2D eigenvalue weighted by atomic mass is 32.2. The van der Waals surface area contributed by atoms with Crippen molar-refractivity contribution in [3.8, 4) is 0 Å². The van der Waals surface area contributed by atoms with E-state index in [2.05, 4.69) is 5.32 Å². The topological polar surface area (TPSA) is 72.5 Å². The van der Waals surface area contributed by atoms with Gasteiger partial charge in [-0.3, -0.25) is 0 Å². The van der Waals surface area contributed by atoms with Gasteiger partial charge in [0.1, 0.15) is 6.61 Å². The Labute approximate surface area is 145 Å². The third-order valence-corrected chi connectivity index (χ3v) is 6.16. The van der Waals surface area contributed by atoms with E-state index in [0.29, 0.717) is 25.8 Å². The lowest BCUT2D eigenvalue weighted by Gasteiger charge is -2.16. The fourth-order valence-electron chi connectivity index (χ4n) is 2.55. The van der Waals surface area contributed by atoms with Crippen molar-refractivity contribution >= 4 is 15.9 Å². The largest absolute Gasteiger partial charge is 0.445 e. The first-order chi connectivity index (χ1) is 11.5. The Balaban J connectivity index is 2.27. The van der Waals surface area contributed by atoms with Crippen LogP contribution in [0.1, 0.15) is 51.5 Å². The van der Waals surface area contributed by atoms with E-state index in [1.807, 2.05) is 44.2 Å². The Morgan fingerprint density at radius 1 is 1.12 bits per heavy atom. The van der Waals surface area contributed by atoms with Crippen molar-refractivity contribution < 1.29 is 17.9 Å². The van der Waals surface area contributed by atoms with Crippen molar-refractivity contribution in [3.63, 3.8) is 0 Å². The molecule has 0 aliphatic carbocycles. The number of nitrogens with one attached hydrogen (secondary N) is 1. The van der Waals surface area contributed by atoms with Gasteiger partial charge in [0, 0.05) is 6.54 Å². The fraction of sp³-hybridized carbons (Fsp3) is 0.611. The van der Waals surface area contributed by atoms with Crippen LogP contribution in [0.4, 0.5) is 4.79 Å². The second kappa shape index (κ2) is 11.1. The number of alkyl carbamates (subject to hydrolysis) is 1. The quantitative estimate of drug-likeness (QED) is 0.615. The molecule has 1 amide bonds. The van der Waals surface area contributed by atoms with E-state index in [9.17, 15) is 13.2 Å². The molecule has 5 nitrogen and oxygen atoms in total. The molecule has 0 aliphatic heterocycles. The number of hydrogen-bond donors (Lipinski definition) is 1. The lowest BCUT2D eigenvalue weighted by molar-refractivity contribution is 0.139. The molecule has 0 fully saturated rings. The van der Waals surface area contributed by atoms with Gasteiger partial charge in [-0.15, -0.1) is 0 Å². The van der Waals surface area contributed by atoms with Crippen molar-refractivity contribution in [3.05, 3.63) is 35.9 Å². The van der Waals surface area contributed by atoms with E-state index in [-0.39, 0.29) is 17.6 Å². The summed E-state index contributed by atoms with van der Waals surface area (Å²) in [6.07, 6.45) is 3.05. The fourth-order valence-corrected chi connectivity index (χ4v) is 4.62. The molecular formula is C18H29NO4S. The molecule has 0 spiro atoms. The Kier molecular flexibility index (Phi) is 9.45. The molecule has 136 valence electrons. The van der Waals surface area contributed by atoms with Crippen molar-refractivity contribution in [2.75, 3.05) is 12.3 Å². The highest BCUT2D eigenvalue weighted by Crippen LogP contribution is 2.16. The van der Waals surface area contributed by atoms with Crippen LogP contribution in [0.5, 0.6) is 0 Å². The summed E-state index contributed by atoms with van der Waals surface area (Å²) in [5.41, 5.74) is 0.914. The van der Waals surface area contributed by atoms with Gasteiger partial charge in [-0.05, 0) is 24.8 Å². The summed E-state index contributed by atoms with van der Waals surface area (Å²) in [4.78, 5) is 11.6. The van der Waals surface area contributed by atoms with Crippen LogP contribution in [-0.2, 0) is 21.2 Å². The smallest absolute Gasteiger partial charge is 0.407 e. The van der Waals surface area contributed by atoms with Gasteiger partial charge in [0.15, 0.2) is 9.84 Å². The summed E-state index contributed by atoms with van der Waals surface area (Å²) < 4.78 is 29.7. The molecule has 1 aromatic rings. The van der Waals surface area contributed by atoms with E-state index in [1.165, 1.54) is 0 Å². The number of amides is 1. The lowest BCUT2D eigenvalue weighted by atomic mass is 10.2. The third kappa shape index (κ3) is 7.81. The molecule has 0 radical (unpaired) electrons. The third-order valence-electron chi connectivity index (χ3n) is 3.82. The molecule has 1 N–H and O–H groups in total. The van der Waals surface area contributed by atoms with Crippen LogP contribution < -0.4 is 5.32 Å². The number of sulfone groups is 1. The SMILES string of the molecule is CCCC(CCC)S(=O)(=O)CCCNC(=O)OCc1ccccc1. The van der Waals surface area contributed by atoms with Crippen LogP contribution in [0.15, 0.2) is 30.3 Å². The maximum absolute atomic E-state index is 12.3. The molecule has 0 heterocycles. The molecular weight excluding hydrogens is 326 g/mol. The van der Waals surface area contributed by atoms with Crippen LogP contribution >= 0.6 is 0 Å². The van der Waals surface area contributed by atoms with Crippen LogP contribution in [0, 0.1) is 0 Å². The zero-order valence-electron chi connectivity index (χ0n) is 14.7. The predicted octanol–water partition coefficient (Wildman–Crippen LogP) is 3.69. The normalized spacial score (nSPS) is 11.5. The first-order valence-electron chi connectivity index (χ1n) is 8.65. The zero-order valence-corrected chi connectivity index (χ0v) is 15.5. The summed E-state index contributed by atoms with van der Waals surface area (Å²) in [7, 11) is -3.09. The van der Waals surface area contributed by atoms with Crippen LogP contribution in [0.25, 0.3) is 0 Å². The molecule has 0 aliphatic rings. The number of carbonyl (C=O) groups excluding carboxylic acids is 1. The molecule has 0 saturated heterocycles. The first-order valence-corrected chi connectivity index (χ1v) is 10.4. The highest BCUT2D eigenvalue weighted by molar-refractivity contribution is 7.92. The Morgan fingerprint density at radius 3 is 2.33 bits per heavy atom. The molecule has 0 saturated carbocycles. The van der Waals surface area contributed by atoms with Gasteiger partial charge in [-0.25, -0.2) is 13.2 Å². The second-order valence-electron chi connectivity index (χ2n) is 5.91. The Morgan fingerprint density at radius 2 is 1.75 bits per heavy atom. The number of rotatable bonds is 11. The second-order valence-corrected chi connectivity index (χ2v) is 8.31. The Hall–Kier alpha value is -1.56. The molecule has 0 atom stereocenters. The molecule has 1 aromatic carbocycles. The van der Waals surface area contributed by atoms with Crippen LogP contribution in [0.2, 0.25) is 0 Å². The standard InChI is InChI=1S/C18H29NO4S/c1-3-9-17(10-4-2)24(21,22)14-8-13-19-18(20)23-15-16-11-6-5-7-12-16/h5-7,11-12,17H,3-4,8-10,13-15H2,1-2H3,(H,19,20). The number of carbonyl (C=O) groups is 1. The molecule has 1 rings (SSSR count). The van der Waals surface area contributed by atoms with Crippen molar-refractivity contribution in [2.45, 2.75) is 57.8 Å². The maximum Gasteiger partial charge on any atom is 0.407 e. The van der Waals surface area contributed by atoms with E-state index in [1.54, 1.807) is 0 Å². The van der Waals surface area contributed by atoms with Gasteiger partial charge in [-0.2, -0.15) is 0 Å². The Bertz CT molecular complexity index is 566. The molecule has 0 unspecified atom stereocenters. The molecule has 6 heteroatoms. The van der Waals surface area contributed by atoms with Crippen LogP contribution in [-0.4, -0.2) is 32.1 Å². The first kappa shape index (κ1) is 20.5. The lowest BCUT2D eigenvalue weighted by Crippen LogP contribution is -2.29. The van der Waals surface area contributed by atoms with Gasteiger partial charge in [0.05, 0.1) is 11.0 Å². The molecule has 0 aromatic heterocycles. The molecule has 24 heavy (non-hydrogen) atoms. The minimum absolute atomic E-state index is 0.108. The van der Waals surface area contributed by atoms with E-state index < -0.39 is 15.9 Å². The minimum Gasteiger partial charge on any atom is -0.445 e.